The lowest BCUT2D eigenvalue weighted by molar-refractivity contribution is -0.137. The van der Waals surface area contributed by atoms with E-state index in [0.717, 1.165) is 17.9 Å². The van der Waals surface area contributed by atoms with Crippen LogP contribution in [0.3, 0.4) is 0 Å². The third kappa shape index (κ3) is 12.0. The number of nitrogens with one attached hydrogen (secondary N) is 3. The third-order valence-electron chi connectivity index (χ3n) is 4.69. The Hall–Kier alpha value is -3.12. The highest BCUT2D eigenvalue weighted by Gasteiger charge is 2.27. The van der Waals surface area contributed by atoms with E-state index < -0.39 is 62.6 Å². The molecule has 11 nitrogen and oxygen atoms in total. The molecule has 0 saturated heterocycles. The molecule has 0 unspecified atom stereocenters. The minimum absolute atomic E-state index is 0.00994. The van der Waals surface area contributed by atoms with Crippen LogP contribution in [-0.4, -0.2) is 61.8 Å². The van der Waals surface area contributed by atoms with Gasteiger partial charge < -0.3 is 25.8 Å². The predicted molar refractivity (Wildman–Crippen MR) is 134 cm³/mol. The van der Waals surface area contributed by atoms with Crippen molar-refractivity contribution in [2.75, 3.05) is 6.26 Å². The van der Waals surface area contributed by atoms with Crippen LogP contribution in [0.4, 0.5) is 4.79 Å². The van der Waals surface area contributed by atoms with Crippen LogP contribution in [0.25, 0.3) is 0 Å². The van der Waals surface area contributed by atoms with Gasteiger partial charge in [-0.2, -0.15) is 0 Å². The van der Waals surface area contributed by atoms with Crippen LogP contribution in [0.2, 0.25) is 0 Å². The van der Waals surface area contributed by atoms with Crippen molar-refractivity contribution in [3.05, 3.63) is 46.3 Å². The van der Waals surface area contributed by atoms with E-state index in [-0.39, 0.29) is 18.9 Å². The molecule has 0 heterocycles. The summed E-state index contributed by atoms with van der Waals surface area (Å²) in [4.78, 5) is 48.7. The summed E-state index contributed by atoms with van der Waals surface area (Å²) in [6.07, 6.45) is 0.557. The number of carboxylic acid groups (broad SMARTS) is 1. The molecular formula is C23H32ClN3O8S. The first-order chi connectivity index (χ1) is 16.7. The highest BCUT2D eigenvalue weighted by molar-refractivity contribution is 7.96. The molecule has 4 N–H and O–H groups in total. The minimum atomic E-state index is -3.81. The fourth-order valence-corrected chi connectivity index (χ4v) is 3.48. The molecule has 0 aliphatic carbocycles. The van der Waals surface area contributed by atoms with E-state index in [2.05, 4.69) is 16.0 Å². The van der Waals surface area contributed by atoms with Gasteiger partial charge in [-0.3, -0.25) is 14.4 Å². The van der Waals surface area contributed by atoms with Crippen LogP contribution in [0.5, 0.6) is 0 Å². The maximum absolute atomic E-state index is 12.8. The lowest BCUT2D eigenvalue weighted by Crippen LogP contribution is -2.54. The smallest absolute Gasteiger partial charge is 0.408 e. The van der Waals surface area contributed by atoms with Crippen LogP contribution >= 0.6 is 11.6 Å². The number of benzene rings is 1. The maximum Gasteiger partial charge on any atom is 0.408 e. The second kappa shape index (κ2) is 14.4. The number of amides is 3. The van der Waals surface area contributed by atoms with Gasteiger partial charge in [0.05, 0.1) is 12.5 Å². The first-order valence-corrected chi connectivity index (χ1v) is 13.3. The van der Waals surface area contributed by atoms with E-state index in [1.807, 2.05) is 19.9 Å². The Morgan fingerprint density at radius 1 is 1.03 bits per heavy atom. The van der Waals surface area contributed by atoms with Gasteiger partial charge in [0, 0.05) is 6.26 Å². The highest BCUT2D eigenvalue weighted by Crippen LogP contribution is 2.13. The summed E-state index contributed by atoms with van der Waals surface area (Å²) >= 11 is 5.69. The van der Waals surface area contributed by atoms with Crippen LogP contribution in [0.1, 0.15) is 39.2 Å². The van der Waals surface area contributed by atoms with Crippen LogP contribution < -0.4 is 16.0 Å². The first-order valence-electron chi connectivity index (χ1n) is 11.1. The number of carboxylic acids is 1. The van der Waals surface area contributed by atoms with E-state index in [4.69, 9.17) is 21.4 Å². The molecule has 36 heavy (non-hydrogen) atoms. The molecular weight excluding hydrogens is 514 g/mol. The summed E-state index contributed by atoms with van der Waals surface area (Å²) < 4.78 is 27.6. The predicted octanol–water partition coefficient (Wildman–Crippen LogP) is 1.92. The quantitative estimate of drug-likeness (QED) is 0.291. The van der Waals surface area contributed by atoms with E-state index in [9.17, 15) is 27.6 Å². The Balaban J connectivity index is 2.82. The Labute approximate surface area is 215 Å². The van der Waals surface area contributed by atoms with Gasteiger partial charge in [-0.1, -0.05) is 55.8 Å². The van der Waals surface area contributed by atoms with Crippen molar-refractivity contribution >= 4 is 45.3 Å². The average molecular weight is 546 g/mol. The zero-order valence-electron chi connectivity index (χ0n) is 20.5. The molecule has 3 atom stereocenters. The number of halogens is 1. The number of hydrogen-bond donors (Lipinski definition) is 4. The molecule has 1 aromatic carbocycles. The Morgan fingerprint density at radius 3 is 2.17 bits per heavy atom. The van der Waals surface area contributed by atoms with E-state index in [1.165, 1.54) is 6.92 Å². The number of alkyl carbamates (subject to hydrolysis) is 1. The summed E-state index contributed by atoms with van der Waals surface area (Å²) in [7, 11) is -3.81. The number of rotatable bonds is 13. The fourth-order valence-electron chi connectivity index (χ4n) is 2.92. The number of carbonyl (C=O) groups is 4. The monoisotopic (exact) mass is 545 g/mol. The molecule has 0 saturated carbocycles. The molecule has 1 rings (SSSR count). The van der Waals surface area contributed by atoms with Crippen molar-refractivity contribution in [1.82, 2.24) is 16.0 Å². The Bertz CT molecular complexity index is 1060. The summed E-state index contributed by atoms with van der Waals surface area (Å²) in [5, 5.41) is 16.4. The van der Waals surface area contributed by atoms with E-state index >= 15 is 0 Å². The molecule has 0 aromatic heterocycles. The number of ether oxygens (including phenoxy) is 1. The lowest BCUT2D eigenvalue weighted by atomic mass is 10.0. The van der Waals surface area contributed by atoms with Crippen molar-refractivity contribution in [3.8, 4) is 0 Å². The third-order valence-corrected chi connectivity index (χ3v) is 6.50. The molecule has 0 spiro atoms. The van der Waals surface area contributed by atoms with Gasteiger partial charge in [0.25, 0.3) is 0 Å². The molecule has 0 aliphatic heterocycles. The Kier molecular flexibility index (Phi) is 12.4. The summed E-state index contributed by atoms with van der Waals surface area (Å²) in [6.45, 7) is 5.06. The second-order valence-electron chi connectivity index (χ2n) is 8.57. The van der Waals surface area contributed by atoms with E-state index in [0.29, 0.717) is 0 Å². The molecule has 200 valence electrons. The first kappa shape index (κ1) is 30.9. The number of sulfone groups is 1. The molecule has 0 bridgehead atoms. The molecule has 1 aromatic rings. The highest BCUT2D eigenvalue weighted by atomic mass is 35.5. The fraction of sp³-hybridized carbons (Fsp3) is 0.478. The summed E-state index contributed by atoms with van der Waals surface area (Å²) in [6, 6.07) is 5.59. The van der Waals surface area contributed by atoms with Crippen LogP contribution in [0, 0.1) is 5.92 Å². The molecule has 0 radical (unpaired) electrons. The van der Waals surface area contributed by atoms with Crippen molar-refractivity contribution in [3.63, 3.8) is 0 Å². The summed E-state index contributed by atoms with van der Waals surface area (Å²) in [5.74, 6) is -2.72. The normalized spacial score (nSPS) is 14.3. The van der Waals surface area contributed by atoms with Gasteiger partial charge in [-0.05, 0) is 30.9 Å². The summed E-state index contributed by atoms with van der Waals surface area (Å²) in [5.41, 5.74) is 0.767. The Morgan fingerprint density at radius 2 is 1.64 bits per heavy atom. The van der Waals surface area contributed by atoms with Crippen molar-refractivity contribution in [1.29, 1.82) is 0 Å². The number of carbonyl (C=O) groups excluding carboxylic acids is 3. The minimum Gasteiger partial charge on any atom is -0.481 e. The van der Waals surface area contributed by atoms with Crippen molar-refractivity contribution in [2.24, 2.45) is 5.92 Å². The standard InChI is InChI=1S/C23H32ClN3O8S/c1-14(2)10-18(27-23(32)35-13-16-8-6-5-7-9-16)22(31)25-15(3)21(30)26-17(12-20(28)29)11-19(24)36(4,33)34/h5-9,11,14-15,17-18H,10,12-13H2,1-4H3,(H,25,31)(H,26,30)(H,27,32)(H,28,29)/b19-11+/t15-,17+,18-/m0/s1. The zero-order chi connectivity index (χ0) is 27.5. The van der Waals surface area contributed by atoms with Gasteiger partial charge >= 0.3 is 12.1 Å². The van der Waals surface area contributed by atoms with Gasteiger partial charge in [0.1, 0.15) is 23.1 Å². The van der Waals surface area contributed by atoms with Gasteiger partial charge in [0.15, 0.2) is 9.84 Å². The van der Waals surface area contributed by atoms with Gasteiger partial charge in [-0.15, -0.1) is 0 Å². The second-order valence-corrected chi connectivity index (χ2v) is 11.2. The van der Waals surface area contributed by atoms with Crippen molar-refractivity contribution in [2.45, 2.75) is 58.3 Å². The molecule has 0 aliphatic rings. The average Bonchev–Trinajstić information content (AvgIpc) is 2.76. The maximum atomic E-state index is 12.8. The lowest BCUT2D eigenvalue weighted by Gasteiger charge is -2.23. The number of hydrogen-bond acceptors (Lipinski definition) is 7. The van der Waals surface area contributed by atoms with Gasteiger partial charge in [0.2, 0.25) is 11.8 Å². The van der Waals surface area contributed by atoms with Gasteiger partial charge in [-0.25, -0.2) is 13.2 Å². The van der Waals surface area contributed by atoms with Crippen LogP contribution in [0.15, 0.2) is 40.8 Å². The zero-order valence-corrected chi connectivity index (χ0v) is 22.1. The van der Waals surface area contributed by atoms with Crippen molar-refractivity contribution < 1.29 is 37.4 Å². The SMILES string of the molecule is CC(C)C[C@H](NC(=O)OCc1ccccc1)C(=O)N[C@@H](C)C(=O)N[C@H](/C=C(\Cl)S(C)(=O)=O)CC(=O)O. The molecule has 3 amide bonds. The number of aliphatic carboxylic acids is 1. The molecule has 0 fully saturated rings. The van der Waals surface area contributed by atoms with E-state index in [1.54, 1.807) is 24.3 Å². The largest absolute Gasteiger partial charge is 0.481 e. The van der Waals surface area contributed by atoms with Crippen LogP contribution in [-0.2, 0) is 35.6 Å². The topological polar surface area (TPSA) is 168 Å². The molecule has 13 heteroatoms.